The fraction of sp³-hybridized carbons (Fsp3) is 0.176. The van der Waals surface area contributed by atoms with Crippen molar-refractivity contribution in [2.45, 2.75) is 18.8 Å². The maximum Gasteiger partial charge on any atom is 0.416 e. The molecular formula is C17H13F3N2O2. The molecule has 0 aromatic heterocycles. The number of halogens is 3. The SMILES string of the molecule is N#C[C@H](NC(=O)OCc1ccccc1)c1ccc(C(F)(F)F)cc1. The van der Waals surface area contributed by atoms with Gasteiger partial charge in [0.15, 0.2) is 0 Å². The Balaban J connectivity index is 1.96. The number of rotatable bonds is 4. The number of alkyl halides is 3. The Labute approximate surface area is 136 Å². The van der Waals surface area contributed by atoms with Crippen LogP contribution in [0, 0.1) is 11.3 Å². The Morgan fingerprint density at radius 3 is 2.29 bits per heavy atom. The van der Waals surface area contributed by atoms with Crippen LogP contribution in [-0.2, 0) is 17.5 Å². The van der Waals surface area contributed by atoms with Crippen molar-refractivity contribution in [1.82, 2.24) is 5.32 Å². The molecule has 0 heterocycles. The van der Waals surface area contributed by atoms with Crippen molar-refractivity contribution >= 4 is 6.09 Å². The van der Waals surface area contributed by atoms with Crippen LogP contribution < -0.4 is 5.32 Å². The van der Waals surface area contributed by atoms with Crippen molar-refractivity contribution < 1.29 is 22.7 Å². The lowest BCUT2D eigenvalue weighted by atomic mass is 10.1. The minimum Gasteiger partial charge on any atom is -0.445 e. The number of nitrogens with one attached hydrogen (secondary N) is 1. The highest BCUT2D eigenvalue weighted by Gasteiger charge is 2.30. The summed E-state index contributed by atoms with van der Waals surface area (Å²) in [5.74, 6) is 0. The van der Waals surface area contributed by atoms with Crippen molar-refractivity contribution in [3.05, 3.63) is 71.3 Å². The van der Waals surface area contributed by atoms with E-state index in [0.29, 0.717) is 0 Å². The number of hydrogen-bond acceptors (Lipinski definition) is 3. The highest BCUT2D eigenvalue weighted by atomic mass is 19.4. The lowest BCUT2D eigenvalue weighted by molar-refractivity contribution is -0.137. The summed E-state index contributed by atoms with van der Waals surface area (Å²) in [6.07, 6.45) is -5.28. The number of nitrogens with zero attached hydrogens (tertiary/aromatic N) is 1. The van der Waals surface area contributed by atoms with Crippen LogP contribution >= 0.6 is 0 Å². The summed E-state index contributed by atoms with van der Waals surface area (Å²) >= 11 is 0. The summed E-state index contributed by atoms with van der Waals surface area (Å²) < 4.78 is 42.5. The van der Waals surface area contributed by atoms with E-state index in [4.69, 9.17) is 10.00 Å². The first-order chi connectivity index (χ1) is 11.4. The molecule has 0 aliphatic carbocycles. The second kappa shape index (κ2) is 7.51. The molecule has 0 aliphatic heterocycles. The molecule has 0 bridgehead atoms. The van der Waals surface area contributed by atoms with Crippen LogP contribution in [0.2, 0.25) is 0 Å². The second-order valence-electron chi connectivity index (χ2n) is 4.89. The average Bonchev–Trinajstić information content (AvgIpc) is 2.58. The lowest BCUT2D eigenvalue weighted by Gasteiger charge is -2.13. The van der Waals surface area contributed by atoms with Crippen LogP contribution in [0.25, 0.3) is 0 Å². The Morgan fingerprint density at radius 1 is 1.12 bits per heavy atom. The first kappa shape index (κ1) is 17.3. The predicted octanol–water partition coefficient (Wildman–Crippen LogP) is 4.20. The van der Waals surface area contributed by atoms with E-state index in [0.717, 1.165) is 29.8 Å². The van der Waals surface area contributed by atoms with Crippen molar-refractivity contribution in [1.29, 1.82) is 5.26 Å². The van der Waals surface area contributed by atoms with Gasteiger partial charge in [0, 0.05) is 0 Å². The van der Waals surface area contributed by atoms with Gasteiger partial charge >= 0.3 is 12.3 Å². The Kier molecular flexibility index (Phi) is 5.42. The molecule has 0 saturated heterocycles. The Morgan fingerprint density at radius 2 is 1.75 bits per heavy atom. The fourth-order valence-electron chi connectivity index (χ4n) is 1.94. The Bertz CT molecular complexity index is 722. The fourth-order valence-corrected chi connectivity index (χ4v) is 1.94. The van der Waals surface area contributed by atoms with Gasteiger partial charge in [-0.05, 0) is 23.3 Å². The van der Waals surface area contributed by atoms with E-state index in [9.17, 15) is 18.0 Å². The molecule has 1 amide bonds. The molecule has 0 aliphatic rings. The third kappa shape index (κ3) is 4.74. The van der Waals surface area contributed by atoms with Crippen molar-refractivity contribution in [3.63, 3.8) is 0 Å². The van der Waals surface area contributed by atoms with Gasteiger partial charge in [0.25, 0.3) is 0 Å². The van der Waals surface area contributed by atoms with Gasteiger partial charge in [-0.3, -0.25) is 0 Å². The van der Waals surface area contributed by atoms with Crippen LogP contribution in [0.3, 0.4) is 0 Å². The number of benzene rings is 2. The molecule has 2 aromatic rings. The third-order valence-corrected chi connectivity index (χ3v) is 3.18. The van der Waals surface area contributed by atoms with Gasteiger partial charge in [-0.15, -0.1) is 0 Å². The van der Waals surface area contributed by atoms with Gasteiger partial charge in [0.05, 0.1) is 11.6 Å². The van der Waals surface area contributed by atoms with Crippen LogP contribution in [0.4, 0.5) is 18.0 Å². The molecule has 0 fully saturated rings. The van der Waals surface area contributed by atoms with E-state index < -0.39 is 23.9 Å². The van der Waals surface area contributed by atoms with Crippen molar-refractivity contribution in [2.75, 3.05) is 0 Å². The van der Waals surface area contributed by atoms with Gasteiger partial charge in [-0.1, -0.05) is 42.5 Å². The summed E-state index contributed by atoms with van der Waals surface area (Å²) in [5, 5.41) is 11.4. The van der Waals surface area contributed by atoms with E-state index in [-0.39, 0.29) is 12.2 Å². The quantitative estimate of drug-likeness (QED) is 0.911. The minimum absolute atomic E-state index is 0.0256. The number of carbonyl (C=O) groups is 1. The first-order valence-corrected chi connectivity index (χ1v) is 6.94. The third-order valence-electron chi connectivity index (χ3n) is 3.18. The standard InChI is InChI=1S/C17H13F3N2O2/c18-17(19,20)14-8-6-13(7-9-14)15(10-21)22-16(23)24-11-12-4-2-1-3-5-12/h1-9,15H,11H2,(H,22,23)/t15-/m0/s1. The topological polar surface area (TPSA) is 62.1 Å². The molecule has 2 aromatic carbocycles. The van der Waals surface area contributed by atoms with Crippen molar-refractivity contribution in [2.24, 2.45) is 0 Å². The molecule has 124 valence electrons. The monoisotopic (exact) mass is 334 g/mol. The summed E-state index contributed by atoms with van der Waals surface area (Å²) in [7, 11) is 0. The summed E-state index contributed by atoms with van der Waals surface area (Å²) in [6, 6.07) is 13.7. The predicted molar refractivity (Wildman–Crippen MR) is 79.6 cm³/mol. The highest BCUT2D eigenvalue weighted by molar-refractivity contribution is 5.68. The van der Waals surface area contributed by atoms with Crippen molar-refractivity contribution in [3.8, 4) is 6.07 Å². The van der Waals surface area contributed by atoms with E-state index in [2.05, 4.69) is 5.32 Å². The number of alkyl carbamates (subject to hydrolysis) is 1. The molecule has 0 unspecified atom stereocenters. The van der Waals surface area contributed by atoms with Crippen LogP contribution in [0.5, 0.6) is 0 Å². The van der Waals surface area contributed by atoms with E-state index in [1.165, 1.54) is 0 Å². The van der Waals surface area contributed by atoms with Crippen LogP contribution in [0.15, 0.2) is 54.6 Å². The molecule has 7 heteroatoms. The van der Waals surface area contributed by atoms with Crippen LogP contribution in [0.1, 0.15) is 22.7 Å². The summed E-state index contributed by atoms with van der Waals surface area (Å²) in [5.41, 5.74) is 0.187. The van der Waals surface area contributed by atoms with Crippen LogP contribution in [-0.4, -0.2) is 6.09 Å². The van der Waals surface area contributed by atoms with Gasteiger partial charge in [0.1, 0.15) is 12.6 Å². The number of carbonyl (C=O) groups excluding carboxylic acids is 1. The molecular weight excluding hydrogens is 321 g/mol. The lowest BCUT2D eigenvalue weighted by Crippen LogP contribution is -2.28. The van der Waals surface area contributed by atoms with Gasteiger partial charge in [-0.25, -0.2) is 4.79 Å². The molecule has 1 N–H and O–H groups in total. The number of amides is 1. The molecule has 0 saturated carbocycles. The average molecular weight is 334 g/mol. The van der Waals surface area contributed by atoms with E-state index in [1.54, 1.807) is 24.3 Å². The molecule has 0 spiro atoms. The molecule has 24 heavy (non-hydrogen) atoms. The molecule has 4 nitrogen and oxygen atoms in total. The van der Waals surface area contributed by atoms with Gasteiger partial charge < -0.3 is 10.1 Å². The number of nitriles is 1. The highest BCUT2D eigenvalue weighted by Crippen LogP contribution is 2.29. The number of ether oxygens (including phenoxy) is 1. The minimum atomic E-state index is -4.46. The summed E-state index contributed by atoms with van der Waals surface area (Å²) in [4.78, 5) is 11.7. The van der Waals surface area contributed by atoms with Gasteiger partial charge in [-0.2, -0.15) is 18.4 Å². The second-order valence-corrected chi connectivity index (χ2v) is 4.89. The van der Waals surface area contributed by atoms with E-state index >= 15 is 0 Å². The largest absolute Gasteiger partial charge is 0.445 e. The van der Waals surface area contributed by atoms with E-state index in [1.807, 2.05) is 12.1 Å². The smallest absolute Gasteiger partial charge is 0.416 e. The van der Waals surface area contributed by atoms with Gasteiger partial charge in [0.2, 0.25) is 0 Å². The Hall–Kier alpha value is -3.01. The molecule has 2 rings (SSSR count). The normalized spacial score (nSPS) is 12.1. The zero-order valence-corrected chi connectivity index (χ0v) is 12.4. The first-order valence-electron chi connectivity index (χ1n) is 6.94. The zero-order valence-electron chi connectivity index (χ0n) is 12.4. The maximum atomic E-state index is 12.5. The number of hydrogen-bond donors (Lipinski definition) is 1. The maximum absolute atomic E-state index is 12.5. The molecule has 0 radical (unpaired) electrons. The zero-order chi connectivity index (χ0) is 17.6. The molecule has 1 atom stereocenters. The summed E-state index contributed by atoms with van der Waals surface area (Å²) in [6.45, 7) is 0.0256.